The number of thioether (sulfide) groups is 2. The molecule has 0 bridgehead atoms. The minimum Gasteiger partial charge on any atom is -0.358 e. The number of hydrogen-bond donors (Lipinski definition) is 0. The van der Waals surface area contributed by atoms with Crippen LogP contribution in [0.3, 0.4) is 0 Å². The molecule has 0 N–H and O–H groups in total. The summed E-state index contributed by atoms with van der Waals surface area (Å²) in [6.07, 6.45) is 9.95. The lowest BCUT2D eigenvalue weighted by Crippen LogP contribution is -2.27. The van der Waals surface area contributed by atoms with Gasteiger partial charge in [-0.15, -0.1) is 0 Å². The van der Waals surface area contributed by atoms with E-state index in [1.165, 1.54) is 73.6 Å². The minimum absolute atomic E-state index is 0.121. The SMILES string of the molecule is CCN(CC)C(=S)SCCCCCC1(CCCCCSC(=S)N(CC)CC)c2cc(C)ccc2-c2ccc(C)cc21. The van der Waals surface area contributed by atoms with Crippen molar-refractivity contribution in [1.82, 2.24) is 9.80 Å². The zero-order chi connectivity index (χ0) is 29.8. The summed E-state index contributed by atoms with van der Waals surface area (Å²) in [5.74, 6) is 2.25. The van der Waals surface area contributed by atoms with Gasteiger partial charge >= 0.3 is 0 Å². The first-order valence-corrected chi connectivity index (χ1v) is 18.7. The van der Waals surface area contributed by atoms with Crippen LogP contribution in [-0.2, 0) is 5.41 Å². The lowest BCUT2D eigenvalue weighted by atomic mass is 9.70. The Morgan fingerprint density at radius 2 is 1.00 bits per heavy atom. The molecule has 6 heteroatoms. The van der Waals surface area contributed by atoms with E-state index < -0.39 is 0 Å². The van der Waals surface area contributed by atoms with Gasteiger partial charge in [0.25, 0.3) is 0 Å². The van der Waals surface area contributed by atoms with Crippen LogP contribution in [0.2, 0.25) is 0 Å². The summed E-state index contributed by atoms with van der Waals surface area (Å²) < 4.78 is 2.12. The number of benzene rings is 2. The molecule has 0 spiro atoms. The summed E-state index contributed by atoms with van der Waals surface area (Å²) in [5, 5.41) is 0. The van der Waals surface area contributed by atoms with Crippen molar-refractivity contribution < 1.29 is 0 Å². The number of hydrogen-bond acceptors (Lipinski definition) is 4. The number of rotatable bonds is 16. The van der Waals surface area contributed by atoms with Crippen LogP contribution in [0, 0.1) is 13.8 Å². The van der Waals surface area contributed by atoms with Crippen LogP contribution >= 0.6 is 48.0 Å². The molecule has 0 aromatic heterocycles. The van der Waals surface area contributed by atoms with E-state index in [0.29, 0.717) is 0 Å². The van der Waals surface area contributed by atoms with Crippen molar-refractivity contribution in [1.29, 1.82) is 0 Å². The topological polar surface area (TPSA) is 6.48 Å². The molecule has 41 heavy (non-hydrogen) atoms. The third-order valence-electron chi connectivity index (χ3n) is 8.66. The molecule has 1 aliphatic rings. The lowest BCUT2D eigenvalue weighted by Gasteiger charge is -2.33. The molecule has 0 unspecified atom stereocenters. The Labute approximate surface area is 270 Å². The highest BCUT2D eigenvalue weighted by atomic mass is 32.2. The molecule has 0 saturated heterocycles. The molecule has 2 aromatic carbocycles. The number of fused-ring (bicyclic) bond motifs is 3. The van der Waals surface area contributed by atoms with Crippen molar-refractivity contribution in [2.75, 3.05) is 37.7 Å². The second kappa shape index (κ2) is 17.3. The summed E-state index contributed by atoms with van der Waals surface area (Å²) >= 11 is 15.1. The van der Waals surface area contributed by atoms with Gasteiger partial charge in [-0.2, -0.15) is 0 Å². The number of thiocarbonyl (C=S) groups is 2. The largest absolute Gasteiger partial charge is 0.358 e. The van der Waals surface area contributed by atoms with Crippen LogP contribution in [-0.4, -0.2) is 56.1 Å². The van der Waals surface area contributed by atoms with E-state index in [9.17, 15) is 0 Å². The van der Waals surface area contributed by atoms with Gasteiger partial charge in [0.15, 0.2) is 0 Å². The highest BCUT2D eigenvalue weighted by Crippen LogP contribution is 2.54. The predicted octanol–water partition coefficient (Wildman–Crippen LogP) is 10.4. The Balaban J connectivity index is 1.68. The van der Waals surface area contributed by atoms with E-state index >= 15 is 0 Å². The molecule has 0 aliphatic heterocycles. The molecule has 0 saturated carbocycles. The minimum atomic E-state index is 0.121. The van der Waals surface area contributed by atoms with Gasteiger partial charge in [-0.1, -0.05) is 121 Å². The Bertz CT molecular complexity index is 1050. The maximum absolute atomic E-state index is 5.66. The Kier molecular flexibility index (Phi) is 14.5. The molecule has 226 valence electrons. The summed E-state index contributed by atoms with van der Waals surface area (Å²) in [4.78, 5) is 4.59. The number of aryl methyl sites for hydroxylation is 2. The molecule has 2 aromatic rings. The highest BCUT2D eigenvalue weighted by Gasteiger charge is 2.42. The van der Waals surface area contributed by atoms with Crippen LogP contribution < -0.4 is 0 Å². The van der Waals surface area contributed by atoms with E-state index in [0.717, 1.165) is 46.3 Å². The van der Waals surface area contributed by atoms with E-state index in [4.69, 9.17) is 24.4 Å². The van der Waals surface area contributed by atoms with Crippen LogP contribution in [0.25, 0.3) is 11.1 Å². The second-order valence-electron chi connectivity index (χ2n) is 11.4. The van der Waals surface area contributed by atoms with E-state index in [2.05, 4.69) is 87.7 Å². The molecule has 0 heterocycles. The van der Waals surface area contributed by atoms with Gasteiger partial charge in [-0.3, -0.25) is 0 Å². The molecule has 3 rings (SSSR count). The molecular formula is C35H52N2S4. The van der Waals surface area contributed by atoms with Gasteiger partial charge in [-0.05, 0) is 89.5 Å². The second-order valence-corrected chi connectivity index (χ2v) is 14.8. The third kappa shape index (κ3) is 8.97. The molecule has 0 radical (unpaired) electrons. The summed E-state index contributed by atoms with van der Waals surface area (Å²) in [7, 11) is 0. The molecule has 0 fully saturated rings. The van der Waals surface area contributed by atoms with Gasteiger partial charge in [0.05, 0.1) is 0 Å². The standard InChI is InChI=1S/C35H52N2S4/c1-7-36(8-2)33(38)40-23-15-11-13-21-35(22-14-12-16-24-41-34(39)37(9-3)10-4)31-25-27(5)17-19-29(31)30-20-18-28(6)26-32(30)35/h17-20,25-26H,7-16,21-24H2,1-6H3. The van der Waals surface area contributed by atoms with E-state index in [1.807, 2.05) is 23.5 Å². The summed E-state index contributed by atoms with van der Waals surface area (Å²) in [6, 6.07) is 14.4. The highest BCUT2D eigenvalue weighted by molar-refractivity contribution is 8.23. The fraction of sp³-hybridized carbons (Fsp3) is 0.600. The average molecular weight is 629 g/mol. The quantitative estimate of drug-likeness (QED) is 0.134. The first kappa shape index (κ1) is 34.4. The number of unbranched alkanes of at least 4 members (excludes halogenated alkanes) is 4. The molecule has 1 aliphatic carbocycles. The van der Waals surface area contributed by atoms with Crippen molar-refractivity contribution in [2.24, 2.45) is 0 Å². The fourth-order valence-electron chi connectivity index (χ4n) is 6.26. The maximum atomic E-state index is 5.66. The van der Waals surface area contributed by atoms with Crippen molar-refractivity contribution in [3.8, 4) is 11.1 Å². The molecule has 0 atom stereocenters. The molecule has 2 nitrogen and oxygen atoms in total. The normalized spacial score (nSPS) is 13.1. The predicted molar refractivity (Wildman–Crippen MR) is 195 cm³/mol. The lowest BCUT2D eigenvalue weighted by molar-refractivity contribution is 0.405. The first-order chi connectivity index (χ1) is 19.8. The van der Waals surface area contributed by atoms with Crippen molar-refractivity contribution in [2.45, 2.75) is 98.3 Å². The Hall–Kier alpha value is -1.08. The van der Waals surface area contributed by atoms with Crippen molar-refractivity contribution in [3.05, 3.63) is 58.7 Å². The Morgan fingerprint density at radius 3 is 1.37 bits per heavy atom. The monoisotopic (exact) mass is 628 g/mol. The first-order valence-electron chi connectivity index (χ1n) is 15.9. The van der Waals surface area contributed by atoms with Gasteiger partial charge in [0, 0.05) is 43.1 Å². The van der Waals surface area contributed by atoms with Crippen LogP contribution in [0.5, 0.6) is 0 Å². The van der Waals surface area contributed by atoms with E-state index in [1.54, 1.807) is 11.1 Å². The maximum Gasteiger partial charge on any atom is 0.136 e. The molecular weight excluding hydrogens is 577 g/mol. The van der Waals surface area contributed by atoms with Crippen LogP contribution in [0.15, 0.2) is 36.4 Å². The van der Waals surface area contributed by atoms with Crippen molar-refractivity contribution in [3.63, 3.8) is 0 Å². The smallest absolute Gasteiger partial charge is 0.136 e. The number of nitrogens with zero attached hydrogens (tertiary/aromatic N) is 2. The van der Waals surface area contributed by atoms with Crippen LogP contribution in [0.1, 0.15) is 101 Å². The molecule has 0 amide bonds. The van der Waals surface area contributed by atoms with Gasteiger partial charge in [-0.25, -0.2) is 0 Å². The van der Waals surface area contributed by atoms with Gasteiger partial charge < -0.3 is 9.80 Å². The fourth-order valence-corrected chi connectivity index (χ4v) is 9.21. The zero-order valence-electron chi connectivity index (χ0n) is 26.4. The average Bonchev–Trinajstić information content (AvgIpc) is 3.21. The summed E-state index contributed by atoms with van der Waals surface area (Å²) in [6.45, 7) is 17.3. The Morgan fingerprint density at radius 1 is 0.610 bits per heavy atom. The van der Waals surface area contributed by atoms with E-state index in [-0.39, 0.29) is 5.41 Å². The van der Waals surface area contributed by atoms with Crippen LogP contribution in [0.4, 0.5) is 0 Å². The zero-order valence-corrected chi connectivity index (χ0v) is 29.7. The van der Waals surface area contributed by atoms with Gasteiger partial charge in [0.2, 0.25) is 0 Å². The summed E-state index contributed by atoms with van der Waals surface area (Å²) in [5.41, 5.74) is 8.95. The van der Waals surface area contributed by atoms with Crippen molar-refractivity contribution >= 4 is 56.6 Å². The van der Waals surface area contributed by atoms with Gasteiger partial charge in [0.1, 0.15) is 8.64 Å². The third-order valence-corrected chi connectivity index (χ3v) is 11.9.